The SMILES string of the molecule is Cc1cc(C(=O)N/N=C\c2ccc(O)c([N+](=O)[O-])c2)c(C)o1. The lowest BCUT2D eigenvalue weighted by Gasteiger charge is -1.99. The van der Waals surface area contributed by atoms with Gasteiger partial charge in [0.05, 0.1) is 16.7 Å². The molecular formula is C14H13N3O5. The first kappa shape index (κ1) is 15.2. The van der Waals surface area contributed by atoms with E-state index in [1.807, 2.05) is 0 Å². The van der Waals surface area contributed by atoms with E-state index in [1.54, 1.807) is 19.9 Å². The lowest BCUT2D eigenvalue weighted by atomic mass is 10.2. The van der Waals surface area contributed by atoms with Gasteiger partial charge in [-0.2, -0.15) is 5.10 Å². The second kappa shape index (κ2) is 6.08. The lowest BCUT2D eigenvalue weighted by molar-refractivity contribution is -0.385. The van der Waals surface area contributed by atoms with Crippen LogP contribution in [0.15, 0.2) is 33.8 Å². The third-order valence-corrected chi connectivity index (χ3v) is 2.86. The molecule has 1 aromatic carbocycles. The van der Waals surface area contributed by atoms with Gasteiger partial charge >= 0.3 is 5.69 Å². The molecule has 114 valence electrons. The highest BCUT2D eigenvalue weighted by atomic mass is 16.6. The molecule has 1 heterocycles. The number of hydrazone groups is 1. The minimum atomic E-state index is -0.705. The van der Waals surface area contributed by atoms with Gasteiger partial charge in [0, 0.05) is 11.6 Å². The Labute approximate surface area is 125 Å². The van der Waals surface area contributed by atoms with Crippen molar-refractivity contribution < 1.29 is 19.2 Å². The number of hydrogen-bond donors (Lipinski definition) is 2. The third-order valence-electron chi connectivity index (χ3n) is 2.86. The fourth-order valence-electron chi connectivity index (χ4n) is 1.85. The van der Waals surface area contributed by atoms with Crippen LogP contribution in [0.5, 0.6) is 5.75 Å². The van der Waals surface area contributed by atoms with E-state index in [9.17, 15) is 20.0 Å². The first-order chi connectivity index (χ1) is 10.4. The Morgan fingerprint density at radius 2 is 2.14 bits per heavy atom. The van der Waals surface area contributed by atoms with Crippen LogP contribution in [0, 0.1) is 24.0 Å². The topological polar surface area (TPSA) is 118 Å². The molecule has 0 aliphatic rings. The van der Waals surface area contributed by atoms with Gasteiger partial charge in [0.25, 0.3) is 5.91 Å². The maximum atomic E-state index is 11.9. The molecule has 0 fully saturated rings. The number of nitrogens with one attached hydrogen (secondary N) is 1. The number of rotatable bonds is 4. The summed E-state index contributed by atoms with van der Waals surface area (Å²) in [6.45, 7) is 3.39. The molecule has 1 aromatic heterocycles. The monoisotopic (exact) mass is 303 g/mol. The Bertz CT molecular complexity index is 764. The first-order valence-electron chi connectivity index (χ1n) is 6.26. The number of phenolic OH excluding ortho intramolecular Hbond substituents is 1. The summed E-state index contributed by atoms with van der Waals surface area (Å²) in [5.74, 6) is 0.209. The molecule has 8 nitrogen and oxygen atoms in total. The summed E-state index contributed by atoms with van der Waals surface area (Å²) in [5, 5.41) is 23.8. The van der Waals surface area contributed by atoms with E-state index in [0.29, 0.717) is 22.6 Å². The number of aryl methyl sites for hydroxylation is 2. The molecule has 0 bridgehead atoms. The van der Waals surface area contributed by atoms with Gasteiger partial charge in [-0.15, -0.1) is 0 Å². The number of hydrogen-bond acceptors (Lipinski definition) is 6. The number of amides is 1. The number of nitro benzene ring substituents is 1. The molecule has 8 heteroatoms. The van der Waals surface area contributed by atoms with Crippen molar-refractivity contribution in [1.29, 1.82) is 0 Å². The third kappa shape index (κ3) is 3.29. The van der Waals surface area contributed by atoms with E-state index in [0.717, 1.165) is 6.07 Å². The highest BCUT2D eigenvalue weighted by Gasteiger charge is 2.14. The van der Waals surface area contributed by atoms with Crippen LogP contribution < -0.4 is 5.43 Å². The van der Waals surface area contributed by atoms with Crippen LogP contribution in [0.4, 0.5) is 5.69 Å². The Hall–Kier alpha value is -3.16. The molecule has 2 aromatic rings. The number of phenols is 1. The van der Waals surface area contributed by atoms with E-state index in [1.165, 1.54) is 18.3 Å². The smallest absolute Gasteiger partial charge is 0.311 e. The van der Waals surface area contributed by atoms with Gasteiger partial charge in [-0.1, -0.05) is 0 Å². The van der Waals surface area contributed by atoms with Crippen LogP contribution in [0.25, 0.3) is 0 Å². The molecule has 0 saturated heterocycles. The number of aromatic hydroxyl groups is 1. The Morgan fingerprint density at radius 1 is 1.41 bits per heavy atom. The predicted octanol–water partition coefficient (Wildman–Crippen LogP) is 2.27. The van der Waals surface area contributed by atoms with Gasteiger partial charge in [0.1, 0.15) is 11.5 Å². The van der Waals surface area contributed by atoms with Crippen LogP contribution in [0.1, 0.15) is 27.4 Å². The summed E-state index contributed by atoms with van der Waals surface area (Å²) in [7, 11) is 0. The van der Waals surface area contributed by atoms with Gasteiger partial charge in [-0.25, -0.2) is 5.43 Å². The number of carbonyl (C=O) groups is 1. The fourth-order valence-corrected chi connectivity index (χ4v) is 1.85. The van der Waals surface area contributed by atoms with Crippen LogP contribution in [-0.4, -0.2) is 22.2 Å². The summed E-state index contributed by atoms with van der Waals surface area (Å²) in [4.78, 5) is 21.9. The van der Waals surface area contributed by atoms with E-state index in [-0.39, 0.29) is 0 Å². The Kier molecular flexibility index (Phi) is 4.21. The maximum Gasteiger partial charge on any atom is 0.311 e. The highest BCUT2D eigenvalue weighted by Crippen LogP contribution is 2.25. The van der Waals surface area contributed by atoms with Crippen molar-refractivity contribution in [2.45, 2.75) is 13.8 Å². The second-order valence-corrected chi connectivity index (χ2v) is 4.53. The van der Waals surface area contributed by atoms with Crippen molar-refractivity contribution in [3.05, 3.63) is 57.0 Å². The number of nitrogens with zero attached hydrogens (tertiary/aromatic N) is 2. The zero-order valence-corrected chi connectivity index (χ0v) is 11.9. The van der Waals surface area contributed by atoms with Crippen molar-refractivity contribution in [3.8, 4) is 5.75 Å². The van der Waals surface area contributed by atoms with Crippen molar-refractivity contribution in [2.75, 3.05) is 0 Å². The normalized spacial score (nSPS) is 10.8. The summed E-state index contributed by atoms with van der Waals surface area (Å²) < 4.78 is 5.24. The zero-order valence-electron chi connectivity index (χ0n) is 11.9. The minimum absolute atomic E-state index is 0.366. The summed E-state index contributed by atoms with van der Waals surface area (Å²) >= 11 is 0. The van der Waals surface area contributed by atoms with Crippen LogP contribution in [0.3, 0.4) is 0 Å². The average molecular weight is 303 g/mol. The minimum Gasteiger partial charge on any atom is -0.502 e. The van der Waals surface area contributed by atoms with E-state index in [4.69, 9.17) is 4.42 Å². The van der Waals surface area contributed by atoms with E-state index in [2.05, 4.69) is 10.5 Å². The summed E-state index contributed by atoms with van der Waals surface area (Å²) in [6.07, 6.45) is 1.24. The van der Waals surface area contributed by atoms with E-state index >= 15 is 0 Å². The van der Waals surface area contributed by atoms with Crippen LogP contribution in [-0.2, 0) is 0 Å². The summed E-state index contributed by atoms with van der Waals surface area (Å²) in [6, 6.07) is 5.36. The molecule has 0 spiro atoms. The molecule has 0 atom stereocenters. The number of nitro groups is 1. The van der Waals surface area contributed by atoms with Gasteiger partial charge in [0.15, 0.2) is 5.75 Å². The molecule has 0 unspecified atom stereocenters. The molecule has 2 rings (SSSR count). The standard InChI is InChI=1S/C14H13N3O5/c1-8-5-11(9(2)22-8)14(19)16-15-7-10-3-4-13(18)12(6-10)17(20)21/h3-7,18H,1-2H3,(H,16,19)/b15-7-. The molecule has 0 saturated carbocycles. The molecule has 2 N–H and O–H groups in total. The largest absolute Gasteiger partial charge is 0.502 e. The van der Waals surface area contributed by atoms with Crippen LogP contribution >= 0.6 is 0 Å². The molecule has 1 amide bonds. The van der Waals surface area contributed by atoms with Crippen molar-refractivity contribution >= 4 is 17.8 Å². The molecule has 0 aliphatic carbocycles. The molecule has 22 heavy (non-hydrogen) atoms. The van der Waals surface area contributed by atoms with Gasteiger partial charge in [-0.05, 0) is 32.0 Å². The predicted molar refractivity (Wildman–Crippen MR) is 78.0 cm³/mol. The number of carbonyl (C=O) groups excluding carboxylic acids is 1. The number of furan rings is 1. The van der Waals surface area contributed by atoms with Gasteiger partial charge < -0.3 is 9.52 Å². The quantitative estimate of drug-likeness (QED) is 0.510. The lowest BCUT2D eigenvalue weighted by Crippen LogP contribution is -2.17. The Morgan fingerprint density at radius 3 is 2.73 bits per heavy atom. The first-order valence-corrected chi connectivity index (χ1v) is 6.26. The van der Waals surface area contributed by atoms with Gasteiger partial charge in [0.2, 0.25) is 0 Å². The second-order valence-electron chi connectivity index (χ2n) is 4.53. The van der Waals surface area contributed by atoms with Crippen molar-refractivity contribution in [1.82, 2.24) is 5.43 Å². The number of benzene rings is 1. The van der Waals surface area contributed by atoms with Gasteiger partial charge in [-0.3, -0.25) is 14.9 Å². The molecule has 0 aliphatic heterocycles. The Balaban J connectivity index is 2.10. The fraction of sp³-hybridized carbons (Fsp3) is 0.143. The average Bonchev–Trinajstić information content (AvgIpc) is 2.79. The summed E-state index contributed by atoms with van der Waals surface area (Å²) in [5.41, 5.74) is 2.60. The van der Waals surface area contributed by atoms with E-state index < -0.39 is 22.3 Å². The molecule has 0 radical (unpaired) electrons. The zero-order chi connectivity index (χ0) is 16.3. The van der Waals surface area contributed by atoms with Crippen LogP contribution in [0.2, 0.25) is 0 Å². The van der Waals surface area contributed by atoms with Crippen molar-refractivity contribution in [3.63, 3.8) is 0 Å². The molecular weight excluding hydrogens is 290 g/mol. The van der Waals surface area contributed by atoms with Crippen molar-refractivity contribution in [2.24, 2.45) is 5.10 Å². The maximum absolute atomic E-state index is 11.9. The highest BCUT2D eigenvalue weighted by molar-refractivity contribution is 5.95.